The Morgan fingerprint density at radius 1 is 1.38 bits per heavy atom. The van der Waals surface area contributed by atoms with Gasteiger partial charge >= 0.3 is 0 Å². The van der Waals surface area contributed by atoms with Crippen LogP contribution in [0.1, 0.15) is 29.3 Å². The zero-order valence-corrected chi connectivity index (χ0v) is 12.5. The molecule has 5 heteroatoms. The minimum atomic E-state index is -0.101. The summed E-state index contributed by atoms with van der Waals surface area (Å²) in [5, 5.41) is 7.13. The molecule has 1 amide bonds. The van der Waals surface area contributed by atoms with Crippen LogP contribution in [-0.4, -0.2) is 28.8 Å². The van der Waals surface area contributed by atoms with Gasteiger partial charge in [-0.3, -0.25) is 9.48 Å². The van der Waals surface area contributed by atoms with Crippen LogP contribution in [0.4, 0.5) is 0 Å². The highest BCUT2D eigenvalue weighted by Gasteiger charge is 2.10. The zero-order valence-electron chi connectivity index (χ0n) is 12.5. The molecule has 1 aromatic carbocycles. The maximum Gasteiger partial charge on any atom is 0.255 e. The van der Waals surface area contributed by atoms with Gasteiger partial charge < -0.3 is 10.1 Å². The first-order chi connectivity index (χ1) is 10.2. The van der Waals surface area contributed by atoms with E-state index in [-0.39, 0.29) is 5.91 Å². The molecule has 1 aromatic heterocycles. The van der Waals surface area contributed by atoms with E-state index in [0.29, 0.717) is 24.5 Å². The summed E-state index contributed by atoms with van der Waals surface area (Å²) in [6.07, 6.45) is 4.66. The molecule has 0 aliphatic carbocycles. The minimum absolute atomic E-state index is 0.101. The van der Waals surface area contributed by atoms with Crippen LogP contribution >= 0.6 is 0 Å². The molecule has 0 unspecified atom stereocenters. The van der Waals surface area contributed by atoms with Crippen molar-refractivity contribution in [1.82, 2.24) is 15.1 Å². The smallest absolute Gasteiger partial charge is 0.255 e. The van der Waals surface area contributed by atoms with Crippen molar-refractivity contribution in [3.63, 3.8) is 0 Å². The highest BCUT2D eigenvalue weighted by molar-refractivity contribution is 5.96. The number of rotatable bonds is 7. The third kappa shape index (κ3) is 4.34. The molecule has 2 aromatic rings. The van der Waals surface area contributed by atoms with E-state index in [1.807, 2.05) is 49.1 Å². The number of hydrogen-bond donors (Lipinski definition) is 1. The van der Waals surface area contributed by atoms with Gasteiger partial charge in [0, 0.05) is 19.3 Å². The van der Waals surface area contributed by atoms with Crippen LogP contribution in [0.15, 0.2) is 36.7 Å². The van der Waals surface area contributed by atoms with Crippen molar-refractivity contribution in [1.29, 1.82) is 0 Å². The van der Waals surface area contributed by atoms with E-state index in [1.54, 1.807) is 6.07 Å². The average molecular weight is 287 g/mol. The van der Waals surface area contributed by atoms with Crippen molar-refractivity contribution in [3.05, 3.63) is 47.8 Å². The number of aryl methyl sites for hydroxylation is 2. The molecule has 0 saturated carbocycles. The monoisotopic (exact) mass is 287 g/mol. The lowest BCUT2D eigenvalue weighted by atomic mass is 10.2. The van der Waals surface area contributed by atoms with Gasteiger partial charge in [-0.1, -0.05) is 12.1 Å². The van der Waals surface area contributed by atoms with E-state index in [0.717, 1.165) is 18.5 Å². The van der Waals surface area contributed by atoms with Crippen LogP contribution in [0.3, 0.4) is 0 Å². The number of para-hydroxylation sites is 1. The Kier molecular flexibility index (Phi) is 5.37. The predicted molar refractivity (Wildman–Crippen MR) is 81.5 cm³/mol. The van der Waals surface area contributed by atoms with Crippen LogP contribution in [0.5, 0.6) is 5.75 Å². The van der Waals surface area contributed by atoms with Crippen molar-refractivity contribution >= 4 is 5.91 Å². The molecular formula is C16H21N3O2. The summed E-state index contributed by atoms with van der Waals surface area (Å²) in [5.41, 5.74) is 1.72. The predicted octanol–water partition coefficient (Wildman–Crippen LogP) is 2.41. The van der Waals surface area contributed by atoms with E-state index in [9.17, 15) is 4.79 Å². The SMILES string of the molecule is CCOc1ccccc1C(=O)NCCCn1cc(C)cn1. The fraction of sp³-hybridized carbons (Fsp3) is 0.375. The Balaban J connectivity index is 1.82. The van der Waals surface area contributed by atoms with Gasteiger partial charge in [-0.2, -0.15) is 5.10 Å². The lowest BCUT2D eigenvalue weighted by Crippen LogP contribution is -2.25. The Labute approximate surface area is 124 Å². The van der Waals surface area contributed by atoms with Gasteiger partial charge in [0.1, 0.15) is 5.75 Å². The largest absolute Gasteiger partial charge is 0.493 e. The third-order valence-corrected chi connectivity index (χ3v) is 3.04. The molecule has 0 atom stereocenters. The van der Waals surface area contributed by atoms with E-state index >= 15 is 0 Å². The molecule has 1 heterocycles. The molecule has 0 saturated heterocycles. The number of nitrogens with zero attached hydrogens (tertiary/aromatic N) is 2. The van der Waals surface area contributed by atoms with Crippen LogP contribution in [0, 0.1) is 6.92 Å². The maximum atomic E-state index is 12.1. The Hall–Kier alpha value is -2.30. The summed E-state index contributed by atoms with van der Waals surface area (Å²) in [7, 11) is 0. The molecule has 0 bridgehead atoms. The van der Waals surface area contributed by atoms with Gasteiger partial charge in [-0.05, 0) is 38.0 Å². The quantitative estimate of drug-likeness (QED) is 0.796. The molecule has 2 rings (SSSR count). The van der Waals surface area contributed by atoms with Gasteiger partial charge in [0.25, 0.3) is 5.91 Å². The maximum absolute atomic E-state index is 12.1. The number of ether oxygens (including phenoxy) is 1. The molecular weight excluding hydrogens is 266 g/mol. The number of amides is 1. The van der Waals surface area contributed by atoms with Crippen molar-refractivity contribution < 1.29 is 9.53 Å². The van der Waals surface area contributed by atoms with Crippen molar-refractivity contribution in [2.45, 2.75) is 26.8 Å². The number of nitrogens with one attached hydrogen (secondary N) is 1. The molecule has 112 valence electrons. The van der Waals surface area contributed by atoms with Gasteiger partial charge in [0.2, 0.25) is 0 Å². The summed E-state index contributed by atoms with van der Waals surface area (Å²) in [4.78, 5) is 12.1. The van der Waals surface area contributed by atoms with Gasteiger partial charge in [0.15, 0.2) is 0 Å². The molecule has 1 N–H and O–H groups in total. The molecule has 0 spiro atoms. The van der Waals surface area contributed by atoms with Crippen molar-refractivity contribution in [2.24, 2.45) is 0 Å². The number of carbonyl (C=O) groups is 1. The average Bonchev–Trinajstić information content (AvgIpc) is 2.90. The van der Waals surface area contributed by atoms with Crippen molar-refractivity contribution in [3.8, 4) is 5.75 Å². The van der Waals surface area contributed by atoms with E-state index < -0.39 is 0 Å². The fourth-order valence-electron chi connectivity index (χ4n) is 2.06. The second kappa shape index (κ2) is 7.47. The zero-order chi connectivity index (χ0) is 15.1. The summed E-state index contributed by atoms with van der Waals surface area (Å²) in [5.74, 6) is 0.524. The Bertz CT molecular complexity index is 593. The van der Waals surface area contributed by atoms with Crippen molar-refractivity contribution in [2.75, 3.05) is 13.2 Å². The molecule has 0 aliphatic rings. The first-order valence-corrected chi connectivity index (χ1v) is 7.19. The molecule has 0 fully saturated rings. The Morgan fingerprint density at radius 2 is 2.19 bits per heavy atom. The Morgan fingerprint density at radius 3 is 2.90 bits per heavy atom. The normalized spacial score (nSPS) is 10.4. The molecule has 21 heavy (non-hydrogen) atoms. The topological polar surface area (TPSA) is 56.1 Å². The van der Waals surface area contributed by atoms with Gasteiger partial charge in [0.05, 0.1) is 18.4 Å². The number of aromatic nitrogens is 2. The van der Waals surface area contributed by atoms with E-state index in [2.05, 4.69) is 10.4 Å². The van der Waals surface area contributed by atoms with E-state index in [4.69, 9.17) is 4.74 Å². The van der Waals surface area contributed by atoms with Crippen LogP contribution in [0.2, 0.25) is 0 Å². The van der Waals surface area contributed by atoms with Crippen LogP contribution in [-0.2, 0) is 6.54 Å². The second-order valence-electron chi connectivity index (χ2n) is 4.82. The first-order valence-electron chi connectivity index (χ1n) is 7.19. The minimum Gasteiger partial charge on any atom is -0.493 e. The summed E-state index contributed by atoms with van der Waals surface area (Å²) < 4.78 is 7.35. The lowest BCUT2D eigenvalue weighted by Gasteiger charge is -2.10. The number of benzene rings is 1. The number of hydrogen-bond acceptors (Lipinski definition) is 3. The van der Waals surface area contributed by atoms with Crippen LogP contribution in [0.25, 0.3) is 0 Å². The highest BCUT2D eigenvalue weighted by atomic mass is 16.5. The first kappa shape index (κ1) is 15.1. The lowest BCUT2D eigenvalue weighted by molar-refractivity contribution is 0.0949. The number of carbonyl (C=O) groups excluding carboxylic acids is 1. The molecule has 0 aliphatic heterocycles. The second-order valence-corrected chi connectivity index (χ2v) is 4.82. The highest BCUT2D eigenvalue weighted by Crippen LogP contribution is 2.17. The van der Waals surface area contributed by atoms with E-state index in [1.165, 1.54) is 0 Å². The summed E-state index contributed by atoms with van der Waals surface area (Å²) in [6, 6.07) is 7.29. The summed E-state index contributed by atoms with van der Waals surface area (Å²) in [6.45, 7) is 5.86. The van der Waals surface area contributed by atoms with Gasteiger partial charge in [-0.25, -0.2) is 0 Å². The standard InChI is InChI=1S/C16H21N3O2/c1-3-21-15-8-5-4-7-14(15)16(20)17-9-6-10-19-12-13(2)11-18-19/h4-5,7-8,11-12H,3,6,9-10H2,1-2H3,(H,17,20). The molecule has 5 nitrogen and oxygen atoms in total. The third-order valence-electron chi connectivity index (χ3n) is 3.04. The molecule has 0 radical (unpaired) electrons. The fourth-order valence-corrected chi connectivity index (χ4v) is 2.06. The van der Waals surface area contributed by atoms with Gasteiger partial charge in [-0.15, -0.1) is 0 Å². The summed E-state index contributed by atoms with van der Waals surface area (Å²) >= 11 is 0. The van der Waals surface area contributed by atoms with Crippen LogP contribution < -0.4 is 10.1 Å².